The topological polar surface area (TPSA) is 86.5 Å². The third-order valence-electron chi connectivity index (χ3n) is 2.45. The first-order valence-electron chi connectivity index (χ1n) is 5.96. The predicted molar refractivity (Wildman–Crippen MR) is 70.9 cm³/mol. The SMILES string of the molecule is COC(=O)c1ccc(CNCCNC(=O)N(C)C)[nH]1. The van der Waals surface area contributed by atoms with Gasteiger partial charge >= 0.3 is 12.0 Å². The number of esters is 1. The van der Waals surface area contributed by atoms with Gasteiger partial charge in [0.15, 0.2) is 0 Å². The number of nitrogens with one attached hydrogen (secondary N) is 3. The molecule has 1 aromatic rings. The molecule has 0 aliphatic carbocycles. The standard InChI is InChI=1S/C12H20N4O3/c1-16(2)12(18)14-7-6-13-8-9-4-5-10(15-9)11(17)19-3/h4-5,13,15H,6-8H2,1-3H3,(H,14,18). The summed E-state index contributed by atoms with van der Waals surface area (Å²) in [5.74, 6) is -0.385. The van der Waals surface area contributed by atoms with Crippen molar-refractivity contribution in [2.75, 3.05) is 34.3 Å². The number of urea groups is 1. The van der Waals surface area contributed by atoms with Gasteiger partial charge in [-0.2, -0.15) is 0 Å². The Hall–Kier alpha value is -2.02. The van der Waals surface area contributed by atoms with Crippen LogP contribution in [0.1, 0.15) is 16.2 Å². The normalized spacial score (nSPS) is 10.1. The van der Waals surface area contributed by atoms with E-state index >= 15 is 0 Å². The highest BCUT2D eigenvalue weighted by Gasteiger charge is 2.07. The molecule has 0 saturated heterocycles. The largest absolute Gasteiger partial charge is 0.464 e. The zero-order chi connectivity index (χ0) is 14.3. The van der Waals surface area contributed by atoms with Gasteiger partial charge in [0.1, 0.15) is 5.69 Å². The number of carbonyl (C=O) groups excluding carboxylic acids is 2. The first-order chi connectivity index (χ1) is 9.04. The second kappa shape index (κ2) is 7.42. The van der Waals surface area contributed by atoms with Crippen LogP contribution in [0, 0.1) is 0 Å². The van der Waals surface area contributed by atoms with Gasteiger partial charge in [-0.15, -0.1) is 0 Å². The van der Waals surface area contributed by atoms with E-state index in [2.05, 4.69) is 20.4 Å². The van der Waals surface area contributed by atoms with Crippen LogP contribution < -0.4 is 10.6 Å². The summed E-state index contributed by atoms with van der Waals surface area (Å²) >= 11 is 0. The summed E-state index contributed by atoms with van der Waals surface area (Å²) in [6.07, 6.45) is 0. The van der Waals surface area contributed by atoms with Crippen LogP contribution in [0.2, 0.25) is 0 Å². The lowest BCUT2D eigenvalue weighted by Crippen LogP contribution is -2.38. The monoisotopic (exact) mass is 268 g/mol. The number of nitrogens with zero attached hydrogens (tertiary/aromatic N) is 1. The van der Waals surface area contributed by atoms with Crippen LogP contribution >= 0.6 is 0 Å². The second-order valence-corrected chi connectivity index (χ2v) is 4.19. The summed E-state index contributed by atoms with van der Waals surface area (Å²) < 4.78 is 4.60. The maximum atomic E-state index is 11.2. The molecule has 3 N–H and O–H groups in total. The maximum Gasteiger partial charge on any atom is 0.354 e. The molecule has 1 rings (SSSR count). The Balaban J connectivity index is 2.21. The summed E-state index contributed by atoms with van der Waals surface area (Å²) in [5, 5.41) is 5.89. The molecule has 0 aromatic carbocycles. The summed E-state index contributed by atoms with van der Waals surface area (Å²) in [4.78, 5) is 26.9. The number of aromatic nitrogens is 1. The molecule has 0 bridgehead atoms. The smallest absolute Gasteiger partial charge is 0.354 e. The highest BCUT2D eigenvalue weighted by atomic mass is 16.5. The quantitative estimate of drug-likeness (QED) is 0.507. The van der Waals surface area contributed by atoms with E-state index < -0.39 is 0 Å². The molecule has 0 atom stereocenters. The molecule has 0 radical (unpaired) electrons. The van der Waals surface area contributed by atoms with Crippen LogP contribution in [0.5, 0.6) is 0 Å². The molecular formula is C12H20N4O3. The number of hydrogen-bond donors (Lipinski definition) is 3. The molecule has 0 aliphatic heterocycles. The van der Waals surface area contributed by atoms with Gasteiger partial charge in [0, 0.05) is 39.4 Å². The van der Waals surface area contributed by atoms with Crippen LogP contribution in [-0.2, 0) is 11.3 Å². The van der Waals surface area contributed by atoms with Gasteiger partial charge in [0.2, 0.25) is 0 Å². The number of methoxy groups -OCH3 is 1. The summed E-state index contributed by atoms with van der Waals surface area (Å²) in [7, 11) is 4.72. The minimum absolute atomic E-state index is 0.116. The number of ether oxygens (including phenoxy) is 1. The lowest BCUT2D eigenvalue weighted by Gasteiger charge is -2.11. The number of aromatic amines is 1. The van der Waals surface area contributed by atoms with Crippen molar-refractivity contribution in [1.29, 1.82) is 0 Å². The Morgan fingerprint density at radius 2 is 2.05 bits per heavy atom. The van der Waals surface area contributed by atoms with Crippen LogP contribution in [0.25, 0.3) is 0 Å². The molecule has 0 fully saturated rings. The molecule has 1 aromatic heterocycles. The molecule has 2 amide bonds. The molecule has 19 heavy (non-hydrogen) atoms. The third kappa shape index (κ3) is 5.01. The fourth-order valence-electron chi connectivity index (χ4n) is 1.41. The lowest BCUT2D eigenvalue weighted by atomic mass is 10.4. The zero-order valence-corrected chi connectivity index (χ0v) is 11.4. The minimum Gasteiger partial charge on any atom is -0.464 e. The number of H-pyrrole nitrogens is 1. The number of hydrogen-bond acceptors (Lipinski definition) is 4. The van der Waals surface area contributed by atoms with E-state index in [0.717, 1.165) is 5.69 Å². The molecule has 0 unspecified atom stereocenters. The molecule has 106 valence electrons. The Bertz CT molecular complexity index is 428. The van der Waals surface area contributed by atoms with Crippen molar-refractivity contribution in [3.8, 4) is 0 Å². The van der Waals surface area contributed by atoms with Gasteiger partial charge in [-0.05, 0) is 12.1 Å². The fourth-order valence-corrected chi connectivity index (χ4v) is 1.41. The second-order valence-electron chi connectivity index (χ2n) is 4.19. The summed E-state index contributed by atoms with van der Waals surface area (Å²) in [6, 6.07) is 3.38. The van der Waals surface area contributed by atoms with Crippen molar-refractivity contribution >= 4 is 12.0 Å². The average Bonchev–Trinajstić information content (AvgIpc) is 2.85. The van der Waals surface area contributed by atoms with E-state index in [1.807, 2.05) is 6.07 Å². The lowest BCUT2D eigenvalue weighted by molar-refractivity contribution is 0.0594. The van der Waals surface area contributed by atoms with Gasteiger partial charge in [0.25, 0.3) is 0 Å². The highest BCUT2D eigenvalue weighted by molar-refractivity contribution is 5.87. The molecule has 0 aliphatic rings. The van der Waals surface area contributed by atoms with Crippen molar-refractivity contribution in [3.63, 3.8) is 0 Å². The van der Waals surface area contributed by atoms with Crippen molar-refractivity contribution < 1.29 is 14.3 Å². The number of carbonyl (C=O) groups is 2. The fraction of sp³-hybridized carbons (Fsp3) is 0.500. The molecule has 7 nitrogen and oxygen atoms in total. The molecule has 7 heteroatoms. The Morgan fingerprint density at radius 1 is 1.32 bits per heavy atom. The van der Waals surface area contributed by atoms with Gasteiger partial charge in [-0.1, -0.05) is 0 Å². The van der Waals surface area contributed by atoms with Gasteiger partial charge in [-0.3, -0.25) is 0 Å². The minimum atomic E-state index is -0.385. The van der Waals surface area contributed by atoms with Crippen LogP contribution in [-0.4, -0.2) is 56.2 Å². The van der Waals surface area contributed by atoms with E-state index in [0.29, 0.717) is 25.3 Å². The Labute approximate surface area is 112 Å². The van der Waals surface area contributed by atoms with Crippen molar-refractivity contribution in [1.82, 2.24) is 20.5 Å². The molecular weight excluding hydrogens is 248 g/mol. The molecule has 0 spiro atoms. The van der Waals surface area contributed by atoms with E-state index in [4.69, 9.17) is 0 Å². The zero-order valence-electron chi connectivity index (χ0n) is 11.4. The van der Waals surface area contributed by atoms with Gasteiger partial charge < -0.3 is 25.3 Å². The third-order valence-corrected chi connectivity index (χ3v) is 2.45. The van der Waals surface area contributed by atoms with Gasteiger partial charge in [-0.25, -0.2) is 9.59 Å². The van der Waals surface area contributed by atoms with Crippen LogP contribution in [0.4, 0.5) is 4.79 Å². The predicted octanol–water partition coefficient (Wildman–Crippen LogP) is 0.162. The van der Waals surface area contributed by atoms with Crippen LogP contribution in [0.15, 0.2) is 12.1 Å². The first kappa shape index (κ1) is 15.0. The van der Waals surface area contributed by atoms with E-state index in [1.165, 1.54) is 12.0 Å². The highest BCUT2D eigenvalue weighted by Crippen LogP contribution is 2.02. The number of amides is 2. The van der Waals surface area contributed by atoms with Crippen molar-refractivity contribution in [2.45, 2.75) is 6.54 Å². The van der Waals surface area contributed by atoms with Crippen LogP contribution in [0.3, 0.4) is 0 Å². The average molecular weight is 268 g/mol. The Kier molecular flexibility index (Phi) is 5.87. The first-order valence-corrected chi connectivity index (χ1v) is 5.96. The maximum absolute atomic E-state index is 11.2. The van der Waals surface area contributed by atoms with Crippen molar-refractivity contribution in [2.24, 2.45) is 0 Å². The number of rotatable bonds is 6. The summed E-state index contributed by atoms with van der Waals surface area (Å²) in [6.45, 7) is 1.78. The summed E-state index contributed by atoms with van der Waals surface area (Å²) in [5.41, 5.74) is 1.32. The molecule has 1 heterocycles. The van der Waals surface area contributed by atoms with Gasteiger partial charge in [0.05, 0.1) is 7.11 Å². The van der Waals surface area contributed by atoms with E-state index in [1.54, 1.807) is 20.2 Å². The Morgan fingerprint density at radius 3 is 2.68 bits per heavy atom. The van der Waals surface area contributed by atoms with E-state index in [9.17, 15) is 9.59 Å². The molecule has 0 saturated carbocycles. The van der Waals surface area contributed by atoms with E-state index in [-0.39, 0.29) is 12.0 Å². The van der Waals surface area contributed by atoms with Crippen molar-refractivity contribution in [3.05, 3.63) is 23.5 Å².